The van der Waals surface area contributed by atoms with Crippen LogP contribution >= 0.6 is 7.85 Å². The Morgan fingerprint density at radius 3 is 2.06 bits per heavy atom. The molecule has 0 radical (unpaired) electrons. The Balaban J connectivity index is 0.000000736. The summed E-state index contributed by atoms with van der Waals surface area (Å²) in [5, 5.41) is 8.67. The number of nitrogens with zero attached hydrogens (tertiary/aromatic N) is 3. The summed E-state index contributed by atoms with van der Waals surface area (Å²) in [5.74, 6) is -0.632. The highest BCUT2D eigenvalue weighted by Crippen LogP contribution is 2.25. The first-order valence-electron chi connectivity index (χ1n) is 17.3. The van der Waals surface area contributed by atoms with Crippen molar-refractivity contribution in [3.63, 3.8) is 0 Å². The topological polar surface area (TPSA) is 101 Å². The summed E-state index contributed by atoms with van der Waals surface area (Å²) < 4.78 is 6.59. The van der Waals surface area contributed by atoms with Crippen molar-refractivity contribution in [2.45, 2.75) is 107 Å². The van der Waals surface area contributed by atoms with E-state index in [0.717, 1.165) is 47.6 Å². The number of rotatable bonds is 11. The van der Waals surface area contributed by atoms with Gasteiger partial charge in [0.25, 0.3) is 0 Å². The van der Waals surface area contributed by atoms with Crippen molar-refractivity contribution >= 4 is 31.0 Å². The van der Waals surface area contributed by atoms with Crippen LogP contribution in [0.3, 0.4) is 0 Å². The molecular formula is C40H61N6O2P. The largest absolute Gasteiger partial charge is 0.326 e. The van der Waals surface area contributed by atoms with Crippen molar-refractivity contribution < 1.29 is 9.59 Å². The van der Waals surface area contributed by atoms with Crippen LogP contribution in [0.15, 0.2) is 61.1 Å². The summed E-state index contributed by atoms with van der Waals surface area (Å²) in [6, 6.07) is 15.4. The van der Waals surface area contributed by atoms with E-state index in [2.05, 4.69) is 90.5 Å². The Hall–Kier alpha value is -4.18. The number of para-hydroxylation sites is 1. The van der Waals surface area contributed by atoms with Crippen LogP contribution in [-0.2, 0) is 35.1 Å². The molecule has 0 saturated heterocycles. The van der Waals surface area contributed by atoms with E-state index in [1.54, 1.807) is 0 Å². The summed E-state index contributed by atoms with van der Waals surface area (Å²) in [4.78, 5) is 28.2. The number of carbonyl (C=O) groups is 2. The van der Waals surface area contributed by atoms with E-state index in [4.69, 9.17) is 0 Å². The van der Waals surface area contributed by atoms with Gasteiger partial charge < -0.3 is 20.3 Å². The van der Waals surface area contributed by atoms with Crippen LogP contribution in [0.2, 0.25) is 0 Å². The van der Waals surface area contributed by atoms with Gasteiger partial charge in [-0.2, -0.15) is 0 Å². The van der Waals surface area contributed by atoms with Crippen LogP contribution in [0.1, 0.15) is 87.4 Å². The molecule has 2 aromatic carbocycles. The standard InChI is InChI=1S/C19H22N2O2.C10H15N.C6H14N3P.C3H8.C2H2/c1-4-15-7-5-6-8-17(15)21-19(23)12-18(22)20-16-10-9-13(2)14(3)11-16;1-4-5-10-6-7-11-9(3)8(10)2;1-3-10-8-6-9(10)5-4-7-2;1-3-2;1-2/h5-11H,4,12H2,1-3H3,(H,20,22)(H,21,23);6-7H,4-5H2,1-3H3;6-7H,3-5H2,1-2H3;3H2,1-2H3;1-2H. The van der Waals surface area contributed by atoms with E-state index in [1.807, 2.05) is 82.8 Å². The molecule has 268 valence electrons. The fourth-order valence-electron chi connectivity index (χ4n) is 4.41. The number of likely N-dealkylation sites (N-methyl/N-ethyl adjacent to an activating group) is 1. The van der Waals surface area contributed by atoms with Crippen molar-refractivity contribution in [3.05, 3.63) is 94.6 Å². The molecule has 0 aliphatic carbocycles. The number of benzene rings is 2. The number of nitrogens with one attached hydrogen (secondary N) is 3. The zero-order chi connectivity index (χ0) is 37.2. The van der Waals surface area contributed by atoms with Crippen molar-refractivity contribution in [2.24, 2.45) is 0 Å². The number of anilines is 2. The third kappa shape index (κ3) is 17.7. The Labute approximate surface area is 298 Å². The average Bonchev–Trinajstić information content (AvgIpc) is 3.07. The summed E-state index contributed by atoms with van der Waals surface area (Å²) in [6.07, 6.45) is 17.3. The second-order valence-electron chi connectivity index (χ2n) is 11.4. The minimum Gasteiger partial charge on any atom is -0.326 e. The minimum absolute atomic E-state index is 0.108. The van der Waals surface area contributed by atoms with Crippen molar-refractivity contribution in [3.8, 4) is 12.8 Å². The van der Waals surface area contributed by atoms with Crippen LogP contribution < -0.4 is 16.0 Å². The van der Waals surface area contributed by atoms with Gasteiger partial charge in [-0.05, 0) is 99.7 Å². The third-order valence-electron chi connectivity index (χ3n) is 7.36. The zero-order valence-corrected chi connectivity index (χ0v) is 32.6. The predicted octanol–water partition coefficient (Wildman–Crippen LogP) is 9.26. The van der Waals surface area contributed by atoms with Gasteiger partial charge in [0, 0.05) is 50.4 Å². The quantitative estimate of drug-likeness (QED) is 0.108. The number of amides is 2. The number of terminal acetylenes is 1. The molecule has 0 aliphatic rings. The zero-order valence-electron chi connectivity index (χ0n) is 31.7. The number of aromatic nitrogens is 3. The highest BCUT2D eigenvalue weighted by atomic mass is 31.1. The molecule has 4 rings (SSSR count). The third-order valence-corrected chi connectivity index (χ3v) is 9.19. The van der Waals surface area contributed by atoms with Gasteiger partial charge in [0.1, 0.15) is 12.7 Å². The lowest BCUT2D eigenvalue weighted by molar-refractivity contribution is -0.123. The number of carbonyl (C=O) groups excluding carboxylic acids is 2. The maximum Gasteiger partial charge on any atom is 0.233 e. The summed E-state index contributed by atoms with van der Waals surface area (Å²) in [5.41, 5.74) is 8.75. The lowest BCUT2D eigenvalue weighted by Gasteiger charge is -2.13. The first-order valence-corrected chi connectivity index (χ1v) is 18.7. The molecule has 0 fully saturated rings. The molecule has 0 saturated carbocycles. The molecule has 0 bridgehead atoms. The molecule has 3 N–H and O–H groups in total. The van der Waals surface area contributed by atoms with Gasteiger partial charge in [0.05, 0.1) is 0 Å². The second-order valence-corrected chi connectivity index (χ2v) is 13.5. The van der Waals surface area contributed by atoms with Crippen molar-refractivity contribution in [2.75, 3.05) is 24.2 Å². The van der Waals surface area contributed by atoms with E-state index >= 15 is 0 Å². The Morgan fingerprint density at radius 1 is 0.857 bits per heavy atom. The van der Waals surface area contributed by atoms with E-state index in [1.165, 1.54) is 36.6 Å². The van der Waals surface area contributed by atoms with E-state index in [-0.39, 0.29) is 26.1 Å². The molecule has 49 heavy (non-hydrogen) atoms. The van der Waals surface area contributed by atoms with Gasteiger partial charge >= 0.3 is 0 Å². The lowest BCUT2D eigenvalue weighted by Crippen LogP contribution is -2.22. The number of hydrogen-bond donors (Lipinski definition) is 3. The molecule has 0 spiro atoms. The molecule has 8 nitrogen and oxygen atoms in total. The Morgan fingerprint density at radius 2 is 1.51 bits per heavy atom. The van der Waals surface area contributed by atoms with Gasteiger partial charge in [-0.15, -0.1) is 12.8 Å². The molecule has 2 aromatic heterocycles. The molecule has 1 atom stereocenters. The van der Waals surface area contributed by atoms with Crippen molar-refractivity contribution in [1.82, 2.24) is 19.4 Å². The number of hydrogen-bond acceptors (Lipinski definition) is 5. The smallest absolute Gasteiger partial charge is 0.233 e. The maximum absolute atomic E-state index is 12.0. The van der Waals surface area contributed by atoms with Gasteiger partial charge in [-0.25, -0.2) is 4.75 Å². The highest BCUT2D eigenvalue weighted by molar-refractivity contribution is 7.41. The Kier molecular flexibility index (Phi) is 24.5. The summed E-state index contributed by atoms with van der Waals surface area (Å²) in [6.45, 7) is 21.0. The number of pyridine rings is 1. The second kappa shape index (κ2) is 26.7. The lowest BCUT2D eigenvalue weighted by atomic mass is 10.0. The molecule has 2 amide bonds. The van der Waals surface area contributed by atoms with E-state index < -0.39 is 0 Å². The molecule has 0 aliphatic heterocycles. The van der Waals surface area contributed by atoms with E-state index in [9.17, 15) is 9.59 Å². The maximum atomic E-state index is 12.0. The van der Waals surface area contributed by atoms with Crippen LogP contribution in [0, 0.1) is 40.5 Å². The fourth-order valence-corrected chi connectivity index (χ4v) is 5.66. The summed E-state index contributed by atoms with van der Waals surface area (Å²) in [7, 11) is 1.87. The van der Waals surface area contributed by atoms with Gasteiger partial charge in [-0.3, -0.25) is 14.6 Å². The predicted molar refractivity (Wildman–Crippen MR) is 212 cm³/mol. The van der Waals surface area contributed by atoms with Crippen LogP contribution in [0.5, 0.6) is 0 Å². The van der Waals surface area contributed by atoms with E-state index in [0.29, 0.717) is 5.69 Å². The van der Waals surface area contributed by atoms with Crippen LogP contribution in [-0.4, -0.2) is 39.5 Å². The molecule has 9 heteroatoms. The summed E-state index contributed by atoms with van der Waals surface area (Å²) >= 11 is 0. The average molecular weight is 689 g/mol. The molecule has 4 aromatic rings. The Bertz CT molecular complexity index is 1520. The van der Waals surface area contributed by atoms with Crippen molar-refractivity contribution in [1.29, 1.82) is 0 Å². The van der Waals surface area contributed by atoms with Crippen LogP contribution in [0.4, 0.5) is 11.4 Å². The first kappa shape index (κ1) is 44.8. The first-order chi connectivity index (χ1) is 23.5. The monoisotopic (exact) mass is 688 g/mol. The highest BCUT2D eigenvalue weighted by Gasteiger charge is 2.12. The van der Waals surface area contributed by atoms with Gasteiger partial charge in [0.15, 0.2) is 0 Å². The van der Waals surface area contributed by atoms with Gasteiger partial charge in [-0.1, -0.05) is 71.7 Å². The normalized spacial score (nSPS) is 10.0. The van der Waals surface area contributed by atoms with Gasteiger partial charge in [0.2, 0.25) is 11.8 Å². The molecule has 1 unspecified atom stereocenters. The SMILES string of the molecule is C#C.CCC.CCCc1ccnc(C)c1C.CCc1ccccc1NC(=O)CC(=O)Nc1ccc(C)c(C)c1.CCp1ncn1CCNC. The fraction of sp³-hybridized carbons (Fsp3) is 0.450. The molecular weight excluding hydrogens is 627 g/mol. The van der Waals surface area contributed by atoms with Crippen LogP contribution in [0.25, 0.3) is 0 Å². The molecule has 2 heterocycles. The number of aryl methyl sites for hydroxylation is 6. The minimum atomic E-state index is -0.320.